The number of halogens is 1. The summed E-state index contributed by atoms with van der Waals surface area (Å²) in [5.74, 6) is 1.15. The minimum absolute atomic E-state index is 0.0401. The molecule has 0 radical (unpaired) electrons. The van der Waals surface area contributed by atoms with Gasteiger partial charge in [0.1, 0.15) is 18.0 Å². The summed E-state index contributed by atoms with van der Waals surface area (Å²) in [5.41, 5.74) is 1.09. The second-order valence-corrected chi connectivity index (χ2v) is 8.10. The van der Waals surface area contributed by atoms with Crippen molar-refractivity contribution in [2.45, 2.75) is 6.04 Å². The van der Waals surface area contributed by atoms with Crippen LogP contribution in [0.3, 0.4) is 0 Å². The van der Waals surface area contributed by atoms with Crippen LogP contribution in [0.2, 0.25) is 5.02 Å². The molecule has 1 aliphatic rings. The molecule has 0 bridgehead atoms. The van der Waals surface area contributed by atoms with Crippen LogP contribution >= 0.6 is 22.9 Å². The van der Waals surface area contributed by atoms with Crippen molar-refractivity contribution in [1.29, 1.82) is 0 Å². The third kappa shape index (κ3) is 3.08. The van der Waals surface area contributed by atoms with E-state index in [1.165, 1.54) is 20.8 Å². The van der Waals surface area contributed by atoms with Crippen molar-refractivity contribution < 1.29 is 19.2 Å². The highest BCUT2D eigenvalue weighted by molar-refractivity contribution is 7.17. The molecule has 0 unspecified atom stereocenters. The molecule has 2 N–H and O–H groups in total. The molecule has 4 aromatic rings. The lowest BCUT2D eigenvalue weighted by Gasteiger charge is -2.31. The molecular formula is C19H18ClN4O3S+. The lowest BCUT2D eigenvalue weighted by Crippen LogP contribution is -3.14. The fourth-order valence-electron chi connectivity index (χ4n) is 3.60. The van der Waals surface area contributed by atoms with Crippen molar-refractivity contribution in [3.63, 3.8) is 0 Å². The number of thiazole rings is 1. The van der Waals surface area contributed by atoms with E-state index in [4.69, 9.17) is 20.8 Å². The third-order valence-corrected chi connectivity index (χ3v) is 6.29. The van der Waals surface area contributed by atoms with Crippen LogP contribution in [0, 0.1) is 0 Å². The number of benzene rings is 1. The second-order valence-electron chi connectivity index (χ2n) is 6.65. The number of ether oxygens (including phenoxy) is 1. The summed E-state index contributed by atoms with van der Waals surface area (Å²) in [6.07, 6.45) is 1.58. The van der Waals surface area contributed by atoms with Gasteiger partial charge in [-0.15, -0.1) is 5.10 Å². The monoisotopic (exact) mass is 417 g/mol. The maximum absolute atomic E-state index is 11.0. The van der Waals surface area contributed by atoms with Crippen molar-refractivity contribution in [2.75, 3.05) is 26.3 Å². The van der Waals surface area contributed by atoms with Crippen molar-refractivity contribution >= 4 is 27.9 Å². The summed E-state index contributed by atoms with van der Waals surface area (Å²) < 4.78 is 12.4. The Morgan fingerprint density at radius 1 is 1.18 bits per heavy atom. The van der Waals surface area contributed by atoms with Gasteiger partial charge in [-0.05, 0) is 24.3 Å². The van der Waals surface area contributed by atoms with E-state index in [2.05, 4.69) is 10.1 Å². The predicted octanol–water partition coefficient (Wildman–Crippen LogP) is 2.41. The summed E-state index contributed by atoms with van der Waals surface area (Å²) in [6.45, 7) is 3.11. The molecule has 0 amide bonds. The molecule has 1 atom stereocenters. The van der Waals surface area contributed by atoms with Gasteiger partial charge in [-0.3, -0.25) is 0 Å². The molecule has 7 nitrogen and oxygen atoms in total. The molecular weight excluding hydrogens is 400 g/mol. The molecule has 144 valence electrons. The number of fused-ring (bicyclic) bond motifs is 1. The number of rotatable bonds is 4. The van der Waals surface area contributed by atoms with Crippen molar-refractivity contribution in [1.82, 2.24) is 14.6 Å². The molecule has 0 spiro atoms. The number of nitrogens with one attached hydrogen (secondary N) is 1. The SMILES string of the molecule is Oc1c([C@H](c2ccc(Cl)cc2)[NH+]2CCOCC2)sc2nc(-c3ccco3)nn12. The van der Waals surface area contributed by atoms with Crippen LogP contribution in [-0.4, -0.2) is 46.0 Å². The van der Waals surface area contributed by atoms with Crippen LogP contribution in [0.1, 0.15) is 16.5 Å². The number of morpholine rings is 1. The van der Waals surface area contributed by atoms with E-state index in [-0.39, 0.29) is 11.9 Å². The fraction of sp³-hybridized carbons (Fsp3) is 0.263. The van der Waals surface area contributed by atoms with Crippen LogP contribution in [-0.2, 0) is 4.74 Å². The van der Waals surface area contributed by atoms with Gasteiger partial charge in [-0.25, -0.2) is 0 Å². The standard InChI is InChI=1S/C19H17ClN4O3S/c20-13-5-3-12(4-6-13)15(23-7-10-26-11-8-23)16-18(25)24-19(28-16)21-17(22-24)14-2-1-9-27-14/h1-6,9,15,25H,7-8,10-11H2/p+1/t15-/m0/s1. The van der Waals surface area contributed by atoms with Crippen LogP contribution in [0.25, 0.3) is 16.5 Å². The zero-order chi connectivity index (χ0) is 19.1. The molecule has 3 aromatic heterocycles. The lowest BCUT2D eigenvalue weighted by molar-refractivity contribution is -0.932. The molecule has 5 rings (SSSR count). The van der Waals surface area contributed by atoms with E-state index < -0.39 is 0 Å². The maximum Gasteiger partial charge on any atom is 0.235 e. The Kier molecular flexibility index (Phi) is 4.56. The number of aromatic hydroxyl groups is 1. The molecule has 1 aromatic carbocycles. The molecule has 1 aliphatic heterocycles. The first kappa shape index (κ1) is 17.7. The van der Waals surface area contributed by atoms with Crippen LogP contribution in [0.4, 0.5) is 0 Å². The van der Waals surface area contributed by atoms with Gasteiger partial charge in [-0.2, -0.15) is 9.50 Å². The number of hydrogen-bond donors (Lipinski definition) is 2. The first-order valence-corrected chi connectivity index (χ1v) is 10.2. The number of nitrogens with zero attached hydrogens (tertiary/aromatic N) is 3. The van der Waals surface area contributed by atoms with Gasteiger partial charge < -0.3 is 19.2 Å². The number of hydrogen-bond acceptors (Lipinski definition) is 6. The normalized spacial score (nSPS) is 16.6. The summed E-state index contributed by atoms with van der Waals surface area (Å²) in [6, 6.07) is 11.3. The smallest absolute Gasteiger partial charge is 0.235 e. The highest BCUT2D eigenvalue weighted by Crippen LogP contribution is 2.36. The number of quaternary nitrogens is 1. The Morgan fingerprint density at radius 2 is 1.96 bits per heavy atom. The summed E-state index contributed by atoms with van der Waals surface area (Å²) in [5, 5.41) is 16.1. The maximum atomic E-state index is 11.0. The summed E-state index contributed by atoms with van der Waals surface area (Å²) in [4.78, 5) is 7.33. The van der Waals surface area contributed by atoms with Gasteiger partial charge in [0.05, 0.1) is 19.5 Å². The third-order valence-electron chi connectivity index (χ3n) is 4.95. The fourth-order valence-corrected chi connectivity index (χ4v) is 4.87. The number of furan rings is 1. The van der Waals surface area contributed by atoms with Crippen LogP contribution < -0.4 is 4.90 Å². The van der Waals surface area contributed by atoms with E-state index in [1.54, 1.807) is 18.4 Å². The summed E-state index contributed by atoms with van der Waals surface area (Å²) >= 11 is 7.53. The van der Waals surface area contributed by atoms with Gasteiger partial charge >= 0.3 is 0 Å². The zero-order valence-electron chi connectivity index (χ0n) is 14.8. The van der Waals surface area contributed by atoms with Gasteiger partial charge in [0.2, 0.25) is 16.7 Å². The molecule has 9 heteroatoms. The van der Waals surface area contributed by atoms with Crippen molar-refractivity contribution in [3.8, 4) is 17.5 Å². The molecule has 0 saturated carbocycles. The number of aromatic nitrogens is 3. The average Bonchev–Trinajstić information content (AvgIpc) is 3.43. The van der Waals surface area contributed by atoms with Gasteiger partial charge in [0.25, 0.3) is 0 Å². The molecule has 1 fully saturated rings. The molecule has 28 heavy (non-hydrogen) atoms. The average molecular weight is 418 g/mol. The van der Waals surface area contributed by atoms with Crippen molar-refractivity contribution in [2.24, 2.45) is 0 Å². The largest absolute Gasteiger partial charge is 0.492 e. The summed E-state index contributed by atoms with van der Waals surface area (Å²) in [7, 11) is 0. The van der Waals surface area contributed by atoms with Crippen LogP contribution in [0.5, 0.6) is 5.88 Å². The van der Waals surface area contributed by atoms with Gasteiger partial charge in [-0.1, -0.05) is 35.1 Å². The van der Waals surface area contributed by atoms with E-state index in [0.29, 0.717) is 34.8 Å². The van der Waals surface area contributed by atoms with Crippen LogP contribution in [0.15, 0.2) is 47.1 Å². The second kappa shape index (κ2) is 7.21. The van der Waals surface area contributed by atoms with Gasteiger partial charge in [0, 0.05) is 10.6 Å². The Labute approximate surface area is 169 Å². The molecule has 0 aliphatic carbocycles. The van der Waals surface area contributed by atoms with E-state index in [0.717, 1.165) is 23.5 Å². The van der Waals surface area contributed by atoms with E-state index in [1.807, 2.05) is 24.3 Å². The first-order valence-electron chi connectivity index (χ1n) is 9.01. The van der Waals surface area contributed by atoms with Gasteiger partial charge in [0.15, 0.2) is 11.8 Å². The highest BCUT2D eigenvalue weighted by atomic mass is 35.5. The topological polar surface area (TPSA) is 77.2 Å². The first-order chi connectivity index (χ1) is 13.7. The quantitative estimate of drug-likeness (QED) is 0.533. The molecule has 4 heterocycles. The Balaban J connectivity index is 1.59. The Morgan fingerprint density at radius 3 is 2.64 bits per heavy atom. The van der Waals surface area contributed by atoms with Crippen molar-refractivity contribution in [3.05, 3.63) is 58.1 Å². The molecule has 1 saturated heterocycles. The minimum Gasteiger partial charge on any atom is -0.492 e. The van der Waals surface area contributed by atoms with E-state index >= 15 is 0 Å². The Bertz CT molecular complexity index is 1080. The lowest BCUT2D eigenvalue weighted by atomic mass is 10.0. The zero-order valence-corrected chi connectivity index (χ0v) is 16.4. The highest BCUT2D eigenvalue weighted by Gasteiger charge is 2.34. The predicted molar refractivity (Wildman–Crippen MR) is 105 cm³/mol. The Hall–Kier alpha value is -2.39. The van der Waals surface area contributed by atoms with E-state index in [9.17, 15) is 5.11 Å². The minimum atomic E-state index is -0.0401.